The summed E-state index contributed by atoms with van der Waals surface area (Å²) >= 11 is 0. The summed E-state index contributed by atoms with van der Waals surface area (Å²) in [6, 6.07) is 0.0783. The smallest absolute Gasteiger partial charge is 0.244 e. The molecule has 1 aliphatic carbocycles. The van der Waals surface area contributed by atoms with Crippen LogP contribution in [0.1, 0.15) is 44.0 Å². The third-order valence-corrected chi connectivity index (χ3v) is 5.74. The summed E-state index contributed by atoms with van der Waals surface area (Å²) in [5.74, 6) is 0.481. The van der Waals surface area contributed by atoms with E-state index in [-0.39, 0.29) is 12.6 Å². The first-order valence-electron chi connectivity index (χ1n) is 7.58. The summed E-state index contributed by atoms with van der Waals surface area (Å²) in [6.07, 6.45) is 3.65. The number of hydrogen-bond donors (Lipinski definition) is 2. The van der Waals surface area contributed by atoms with Crippen LogP contribution in [0.5, 0.6) is 0 Å². The van der Waals surface area contributed by atoms with E-state index in [2.05, 4.69) is 16.7 Å². The summed E-state index contributed by atoms with van der Waals surface area (Å²) in [7, 11) is -3.51. The van der Waals surface area contributed by atoms with Gasteiger partial charge in [0.15, 0.2) is 0 Å². The van der Waals surface area contributed by atoms with Crippen LogP contribution in [0.4, 0.5) is 0 Å². The van der Waals surface area contributed by atoms with Gasteiger partial charge < -0.3 is 5.11 Å². The van der Waals surface area contributed by atoms with Crippen molar-refractivity contribution in [2.45, 2.75) is 63.9 Å². The first kappa shape index (κ1) is 16.5. The Labute approximate surface area is 126 Å². The Balaban J connectivity index is 2.15. The summed E-state index contributed by atoms with van der Waals surface area (Å²) in [4.78, 5) is 0.294. The van der Waals surface area contributed by atoms with Gasteiger partial charge in [0.2, 0.25) is 10.0 Å². The first-order valence-corrected chi connectivity index (χ1v) is 9.06. The Bertz CT molecular complexity index is 595. The lowest BCUT2D eigenvalue weighted by Crippen LogP contribution is -2.28. The zero-order valence-corrected chi connectivity index (χ0v) is 13.8. The highest BCUT2D eigenvalue weighted by Crippen LogP contribution is 2.36. The molecule has 2 unspecified atom stereocenters. The van der Waals surface area contributed by atoms with E-state index in [9.17, 15) is 8.42 Å². The van der Waals surface area contributed by atoms with Crippen molar-refractivity contribution in [3.8, 4) is 0 Å². The van der Waals surface area contributed by atoms with Crippen LogP contribution < -0.4 is 4.72 Å². The highest BCUT2D eigenvalue weighted by Gasteiger charge is 2.40. The monoisotopic (exact) mass is 315 g/mol. The predicted molar refractivity (Wildman–Crippen MR) is 80.5 cm³/mol. The van der Waals surface area contributed by atoms with Crippen LogP contribution in [0.15, 0.2) is 4.90 Å². The van der Waals surface area contributed by atoms with Gasteiger partial charge in [-0.25, -0.2) is 13.1 Å². The number of nitrogens with one attached hydrogen (secondary N) is 1. The fourth-order valence-electron chi connectivity index (χ4n) is 2.85. The molecule has 6 nitrogen and oxygen atoms in total. The number of hydrogen-bond acceptors (Lipinski definition) is 4. The van der Waals surface area contributed by atoms with Crippen LogP contribution >= 0.6 is 0 Å². The fraction of sp³-hybridized carbons (Fsp3) is 0.786. The molecule has 1 heterocycles. The molecule has 7 heteroatoms. The molecule has 0 amide bonds. The normalized spacial score (nSPS) is 21.7. The van der Waals surface area contributed by atoms with E-state index in [1.807, 2.05) is 0 Å². The van der Waals surface area contributed by atoms with Crippen molar-refractivity contribution in [2.75, 3.05) is 6.61 Å². The van der Waals surface area contributed by atoms with E-state index in [0.717, 1.165) is 19.3 Å². The average molecular weight is 315 g/mol. The molecular formula is C14H25N3O3S. The second-order valence-electron chi connectivity index (χ2n) is 5.81. The molecule has 2 rings (SSSR count). The lowest BCUT2D eigenvalue weighted by atomic mass is 10.2. The highest BCUT2D eigenvalue weighted by atomic mass is 32.2. The van der Waals surface area contributed by atoms with Gasteiger partial charge in [-0.15, -0.1) is 0 Å². The molecule has 2 atom stereocenters. The topological polar surface area (TPSA) is 84.2 Å². The molecule has 0 bridgehead atoms. The Hall–Kier alpha value is -0.920. The van der Waals surface area contributed by atoms with Gasteiger partial charge in [0.1, 0.15) is 4.90 Å². The van der Waals surface area contributed by atoms with Gasteiger partial charge >= 0.3 is 0 Å². The third-order valence-electron chi connectivity index (χ3n) is 4.00. The summed E-state index contributed by atoms with van der Waals surface area (Å²) in [6.45, 7) is 6.19. The molecule has 1 aliphatic rings. The van der Waals surface area contributed by atoms with E-state index in [4.69, 9.17) is 5.11 Å². The van der Waals surface area contributed by atoms with Crippen molar-refractivity contribution in [3.63, 3.8) is 0 Å². The van der Waals surface area contributed by atoms with Gasteiger partial charge in [-0.05, 0) is 39.0 Å². The third kappa shape index (κ3) is 3.64. The van der Waals surface area contributed by atoms with E-state index in [1.165, 1.54) is 0 Å². The Kier molecular flexibility index (Phi) is 5.06. The molecule has 0 saturated heterocycles. The van der Waals surface area contributed by atoms with Crippen LogP contribution in [0.2, 0.25) is 0 Å². The summed E-state index contributed by atoms with van der Waals surface area (Å²) < 4.78 is 29.6. The van der Waals surface area contributed by atoms with Gasteiger partial charge in [0.05, 0.1) is 11.4 Å². The predicted octanol–water partition coefficient (Wildman–Crippen LogP) is 1.35. The molecule has 1 aromatic heterocycles. The van der Waals surface area contributed by atoms with Gasteiger partial charge in [-0.3, -0.25) is 4.68 Å². The molecule has 1 aromatic rings. The number of sulfonamides is 1. The molecule has 0 aromatic carbocycles. The SMILES string of the molecule is CCCC1CC1NS(=O)(=O)c1c(C)nn(CCCO)c1C. The van der Waals surface area contributed by atoms with E-state index in [1.54, 1.807) is 18.5 Å². The van der Waals surface area contributed by atoms with Crippen molar-refractivity contribution < 1.29 is 13.5 Å². The molecule has 1 saturated carbocycles. The zero-order valence-electron chi connectivity index (χ0n) is 13.0. The van der Waals surface area contributed by atoms with Gasteiger partial charge in [0.25, 0.3) is 0 Å². The maximum absolute atomic E-state index is 12.5. The van der Waals surface area contributed by atoms with Crippen LogP contribution in [0.25, 0.3) is 0 Å². The lowest BCUT2D eigenvalue weighted by molar-refractivity contribution is 0.276. The molecule has 0 radical (unpaired) electrons. The molecular weight excluding hydrogens is 290 g/mol. The lowest BCUT2D eigenvalue weighted by Gasteiger charge is -2.07. The van der Waals surface area contributed by atoms with Crippen LogP contribution in [0, 0.1) is 19.8 Å². The minimum atomic E-state index is -3.51. The minimum Gasteiger partial charge on any atom is -0.396 e. The second kappa shape index (κ2) is 6.46. The number of aryl methyl sites for hydroxylation is 2. The molecule has 0 spiro atoms. The standard InChI is InChI=1S/C14H25N3O3S/c1-4-6-12-9-13(12)16-21(19,20)14-10(2)15-17(11(14)3)7-5-8-18/h12-13,16,18H,4-9H2,1-3H3. The maximum Gasteiger partial charge on any atom is 0.244 e. The number of aliphatic hydroxyl groups excluding tert-OH is 1. The number of rotatable bonds is 8. The highest BCUT2D eigenvalue weighted by molar-refractivity contribution is 7.89. The zero-order chi connectivity index (χ0) is 15.6. The van der Waals surface area contributed by atoms with Gasteiger partial charge in [-0.1, -0.05) is 13.3 Å². The second-order valence-corrected chi connectivity index (χ2v) is 7.46. The summed E-state index contributed by atoms with van der Waals surface area (Å²) in [5.41, 5.74) is 1.16. The van der Waals surface area contributed by atoms with Crippen molar-refractivity contribution in [1.82, 2.24) is 14.5 Å². The average Bonchev–Trinajstić information content (AvgIpc) is 3.03. The van der Waals surface area contributed by atoms with E-state index < -0.39 is 10.0 Å². The van der Waals surface area contributed by atoms with Crippen LogP contribution in [-0.2, 0) is 16.6 Å². The number of aliphatic hydroxyl groups is 1. The Morgan fingerprint density at radius 1 is 1.43 bits per heavy atom. The summed E-state index contributed by atoms with van der Waals surface area (Å²) in [5, 5.41) is 13.2. The van der Waals surface area contributed by atoms with E-state index >= 15 is 0 Å². The minimum absolute atomic E-state index is 0.0689. The molecule has 1 fully saturated rings. The van der Waals surface area contributed by atoms with Gasteiger partial charge in [-0.2, -0.15) is 5.10 Å². The van der Waals surface area contributed by atoms with Crippen LogP contribution in [0.3, 0.4) is 0 Å². The largest absolute Gasteiger partial charge is 0.396 e. The van der Waals surface area contributed by atoms with E-state index in [0.29, 0.717) is 35.2 Å². The van der Waals surface area contributed by atoms with Gasteiger partial charge in [0, 0.05) is 19.2 Å². The number of nitrogens with zero attached hydrogens (tertiary/aromatic N) is 2. The molecule has 0 aliphatic heterocycles. The van der Waals surface area contributed by atoms with Crippen molar-refractivity contribution in [3.05, 3.63) is 11.4 Å². The maximum atomic E-state index is 12.5. The van der Waals surface area contributed by atoms with Crippen molar-refractivity contribution >= 4 is 10.0 Å². The fourth-order valence-corrected chi connectivity index (χ4v) is 4.58. The molecule has 21 heavy (non-hydrogen) atoms. The first-order chi connectivity index (χ1) is 9.90. The van der Waals surface area contributed by atoms with Crippen molar-refractivity contribution in [2.24, 2.45) is 5.92 Å². The Morgan fingerprint density at radius 3 is 2.76 bits per heavy atom. The van der Waals surface area contributed by atoms with Crippen LogP contribution in [-0.4, -0.2) is 36.0 Å². The Morgan fingerprint density at radius 2 is 2.14 bits per heavy atom. The number of aromatic nitrogens is 2. The quantitative estimate of drug-likeness (QED) is 0.758. The van der Waals surface area contributed by atoms with Crippen molar-refractivity contribution in [1.29, 1.82) is 0 Å². The molecule has 120 valence electrons. The molecule has 2 N–H and O–H groups in total.